The lowest BCUT2D eigenvalue weighted by atomic mass is 10.2. The summed E-state index contributed by atoms with van der Waals surface area (Å²) in [7, 11) is 3.06. The molecule has 0 unspecified atom stereocenters. The summed E-state index contributed by atoms with van der Waals surface area (Å²) < 4.78 is 16.1. The quantitative estimate of drug-likeness (QED) is 0.793. The van der Waals surface area contributed by atoms with Crippen LogP contribution in [0.2, 0.25) is 0 Å². The molecule has 0 aliphatic carbocycles. The molecule has 4 nitrogen and oxygen atoms in total. The summed E-state index contributed by atoms with van der Waals surface area (Å²) in [5, 5.41) is 0.490. The van der Waals surface area contributed by atoms with E-state index in [4.69, 9.17) is 13.9 Å². The van der Waals surface area contributed by atoms with Gasteiger partial charge in [0.2, 0.25) is 5.43 Å². The first kappa shape index (κ1) is 11.3. The molecule has 0 atom stereocenters. The average Bonchev–Trinajstić information content (AvgIpc) is 2.32. The molecule has 0 fully saturated rings. The third-order valence-electron chi connectivity index (χ3n) is 2.24. The minimum Gasteiger partial charge on any atom is -0.493 e. The number of hydrogen-bond donors (Lipinski definition) is 0. The average molecular weight is 332 g/mol. The van der Waals surface area contributed by atoms with Crippen molar-refractivity contribution in [3.63, 3.8) is 0 Å². The zero-order valence-electron chi connectivity index (χ0n) is 8.74. The minimum absolute atomic E-state index is 0.0668. The van der Waals surface area contributed by atoms with Crippen LogP contribution in [-0.4, -0.2) is 14.2 Å². The topological polar surface area (TPSA) is 48.7 Å². The van der Waals surface area contributed by atoms with E-state index in [1.54, 1.807) is 12.1 Å². The summed E-state index contributed by atoms with van der Waals surface area (Å²) in [4.78, 5) is 11.8. The van der Waals surface area contributed by atoms with Crippen molar-refractivity contribution in [2.45, 2.75) is 0 Å². The number of ether oxygens (including phenoxy) is 2. The lowest BCUT2D eigenvalue weighted by molar-refractivity contribution is 0.355. The van der Waals surface area contributed by atoms with Crippen molar-refractivity contribution in [3.8, 4) is 11.5 Å². The molecule has 0 amide bonds. The maximum atomic E-state index is 11.8. The Morgan fingerprint density at radius 2 is 1.81 bits per heavy atom. The fourth-order valence-electron chi connectivity index (χ4n) is 1.43. The highest BCUT2D eigenvalue weighted by Crippen LogP contribution is 2.30. The van der Waals surface area contributed by atoms with Crippen LogP contribution in [0.25, 0.3) is 11.0 Å². The van der Waals surface area contributed by atoms with Crippen LogP contribution in [0.5, 0.6) is 11.5 Å². The monoisotopic (exact) mass is 332 g/mol. The van der Waals surface area contributed by atoms with Gasteiger partial charge in [-0.05, 0) is 28.7 Å². The molecule has 0 bridgehead atoms. The van der Waals surface area contributed by atoms with Gasteiger partial charge in [-0.2, -0.15) is 0 Å². The Morgan fingerprint density at radius 1 is 1.19 bits per heavy atom. The number of methoxy groups -OCH3 is 2. The van der Waals surface area contributed by atoms with E-state index in [0.717, 1.165) is 0 Å². The molecule has 0 aliphatic rings. The molecule has 0 radical (unpaired) electrons. The Balaban J connectivity index is 2.84. The Kier molecular flexibility index (Phi) is 3.04. The van der Waals surface area contributed by atoms with Gasteiger partial charge >= 0.3 is 0 Å². The van der Waals surface area contributed by atoms with Crippen LogP contribution >= 0.6 is 22.6 Å². The van der Waals surface area contributed by atoms with Gasteiger partial charge < -0.3 is 13.9 Å². The van der Waals surface area contributed by atoms with Crippen LogP contribution in [0.3, 0.4) is 0 Å². The molecule has 0 N–H and O–H groups in total. The number of benzene rings is 1. The van der Waals surface area contributed by atoms with Gasteiger partial charge in [-0.15, -0.1) is 0 Å². The van der Waals surface area contributed by atoms with E-state index in [1.165, 1.54) is 20.5 Å². The molecular formula is C11H9IO4. The predicted molar refractivity (Wildman–Crippen MR) is 68.3 cm³/mol. The van der Waals surface area contributed by atoms with E-state index in [0.29, 0.717) is 26.0 Å². The van der Waals surface area contributed by atoms with Gasteiger partial charge in [-0.1, -0.05) is 0 Å². The fraction of sp³-hybridized carbons (Fsp3) is 0.182. The minimum atomic E-state index is -0.0668. The molecule has 0 aliphatic heterocycles. The van der Waals surface area contributed by atoms with Crippen molar-refractivity contribution in [1.82, 2.24) is 0 Å². The van der Waals surface area contributed by atoms with E-state index >= 15 is 0 Å². The molecule has 0 saturated heterocycles. The second-order valence-electron chi connectivity index (χ2n) is 3.12. The summed E-state index contributed by atoms with van der Waals surface area (Å²) in [6, 6.07) is 3.27. The Hall–Kier alpha value is -1.24. The van der Waals surface area contributed by atoms with Gasteiger partial charge in [0.1, 0.15) is 11.8 Å². The Bertz CT molecular complexity index is 588. The van der Waals surface area contributed by atoms with Gasteiger partial charge in [-0.25, -0.2) is 0 Å². The van der Waals surface area contributed by atoms with Crippen molar-refractivity contribution in [1.29, 1.82) is 0 Å². The summed E-state index contributed by atoms with van der Waals surface area (Å²) in [5.74, 6) is 1.06. The predicted octanol–water partition coefficient (Wildman–Crippen LogP) is 2.41. The molecule has 0 saturated carbocycles. The first-order valence-electron chi connectivity index (χ1n) is 4.50. The first-order valence-corrected chi connectivity index (χ1v) is 5.58. The van der Waals surface area contributed by atoms with Crippen LogP contribution < -0.4 is 14.9 Å². The van der Waals surface area contributed by atoms with E-state index in [1.807, 2.05) is 22.6 Å². The summed E-state index contributed by atoms with van der Waals surface area (Å²) in [6.07, 6.45) is 1.43. The Labute approximate surface area is 105 Å². The van der Waals surface area contributed by atoms with Crippen LogP contribution in [0.1, 0.15) is 0 Å². The molecule has 2 aromatic rings. The van der Waals surface area contributed by atoms with Crippen LogP contribution in [0.15, 0.2) is 27.6 Å². The number of rotatable bonds is 2. The van der Waals surface area contributed by atoms with Crippen molar-refractivity contribution < 1.29 is 13.9 Å². The molecule has 84 valence electrons. The van der Waals surface area contributed by atoms with Crippen LogP contribution in [0.4, 0.5) is 0 Å². The number of halogens is 1. The molecular weight excluding hydrogens is 323 g/mol. The highest BCUT2D eigenvalue weighted by atomic mass is 127. The first-order chi connectivity index (χ1) is 7.67. The number of fused-ring (bicyclic) bond motifs is 1. The maximum absolute atomic E-state index is 11.8. The van der Waals surface area contributed by atoms with E-state index < -0.39 is 0 Å². The summed E-state index contributed by atoms with van der Waals surface area (Å²) in [6.45, 7) is 0. The largest absolute Gasteiger partial charge is 0.493 e. The highest BCUT2D eigenvalue weighted by molar-refractivity contribution is 14.1. The normalized spacial score (nSPS) is 10.4. The highest BCUT2D eigenvalue weighted by Gasteiger charge is 2.11. The third kappa shape index (κ3) is 1.75. The molecule has 1 aromatic carbocycles. The van der Waals surface area contributed by atoms with Crippen molar-refractivity contribution in [2.24, 2.45) is 0 Å². The van der Waals surface area contributed by atoms with Crippen molar-refractivity contribution >= 4 is 33.6 Å². The van der Waals surface area contributed by atoms with E-state index in [2.05, 4.69) is 0 Å². The summed E-state index contributed by atoms with van der Waals surface area (Å²) >= 11 is 1.94. The van der Waals surface area contributed by atoms with Crippen molar-refractivity contribution in [3.05, 3.63) is 32.2 Å². The third-order valence-corrected chi connectivity index (χ3v) is 2.98. The maximum Gasteiger partial charge on any atom is 0.206 e. The zero-order valence-corrected chi connectivity index (χ0v) is 10.9. The number of hydrogen-bond acceptors (Lipinski definition) is 4. The van der Waals surface area contributed by atoms with Gasteiger partial charge in [0.15, 0.2) is 11.5 Å². The molecule has 16 heavy (non-hydrogen) atoms. The standard InChI is InChI=1S/C11H9IO4/c1-14-9-3-6-8(4-10(9)15-2)16-5-7(12)11(6)13/h3-5H,1-2H3. The van der Waals surface area contributed by atoms with Crippen molar-refractivity contribution in [2.75, 3.05) is 14.2 Å². The Morgan fingerprint density at radius 3 is 2.44 bits per heavy atom. The second kappa shape index (κ2) is 4.32. The molecule has 2 rings (SSSR count). The van der Waals surface area contributed by atoms with Crippen LogP contribution in [0, 0.1) is 3.57 Å². The van der Waals surface area contributed by atoms with E-state index in [9.17, 15) is 4.79 Å². The smallest absolute Gasteiger partial charge is 0.206 e. The molecule has 1 heterocycles. The lowest BCUT2D eigenvalue weighted by Gasteiger charge is -2.08. The lowest BCUT2D eigenvalue weighted by Crippen LogP contribution is -2.05. The van der Waals surface area contributed by atoms with Gasteiger partial charge in [-0.3, -0.25) is 4.79 Å². The van der Waals surface area contributed by atoms with Gasteiger partial charge in [0.25, 0.3) is 0 Å². The molecule has 5 heteroatoms. The van der Waals surface area contributed by atoms with Crippen LogP contribution in [-0.2, 0) is 0 Å². The van der Waals surface area contributed by atoms with Gasteiger partial charge in [0, 0.05) is 6.07 Å². The zero-order chi connectivity index (χ0) is 11.7. The molecule has 0 spiro atoms. The fourth-order valence-corrected chi connectivity index (χ4v) is 1.85. The van der Waals surface area contributed by atoms with E-state index in [-0.39, 0.29) is 5.43 Å². The van der Waals surface area contributed by atoms with Gasteiger partial charge in [0.05, 0.1) is 23.2 Å². The molecule has 1 aromatic heterocycles. The second-order valence-corrected chi connectivity index (χ2v) is 4.28. The SMILES string of the molecule is COc1cc2occ(I)c(=O)c2cc1OC. The summed E-state index contributed by atoms with van der Waals surface area (Å²) in [5.41, 5.74) is 0.422.